The average Bonchev–Trinajstić information content (AvgIpc) is 3.35. The van der Waals surface area contributed by atoms with Gasteiger partial charge in [-0.1, -0.05) is 34.6 Å². The van der Waals surface area contributed by atoms with Gasteiger partial charge in [0.2, 0.25) is 0 Å². The number of aliphatic hydroxyl groups excluding tert-OH is 1. The number of carbonyl (C=O) groups excluding carboxylic acids is 2. The van der Waals surface area contributed by atoms with Crippen LogP contribution in [0.5, 0.6) is 0 Å². The molecule has 7 fully saturated rings. The first-order chi connectivity index (χ1) is 19.3. The molecule has 0 amide bonds. The van der Waals surface area contributed by atoms with Crippen LogP contribution < -0.4 is 0 Å². The predicted octanol–water partition coefficient (Wildman–Crippen LogP) is 4.77. The second kappa shape index (κ2) is 8.32. The maximum atomic E-state index is 12.8. The highest BCUT2D eigenvalue weighted by Crippen LogP contribution is 2.90. The molecule has 236 valence electrons. The lowest BCUT2D eigenvalue weighted by Crippen LogP contribution is -2.64. The van der Waals surface area contributed by atoms with Crippen LogP contribution in [0, 0.1) is 50.7 Å². The minimum Gasteiger partial charge on any atom is -0.462 e. The third kappa shape index (κ3) is 3.19. The highest BCUT2D eigenvalue weighted by molar-refractivity contribution is 5.66. The number of hydrogen-bond donors (Lipinski definition) is 2. The lowest BCUT2D eigenvalue weighted by Gasteiger charge is -2.64. The van der Waals surface area contributed by atoms with Crippen molar-refractivity contribution in [2.45, 2.75) is 149 Å². The lowest BCUT2D eigenvalue weighted by molar-refractivity contribution is -0.284. The summed E-state index contributed by atoms with van der Waals surface area (Å²) in [6.45, 7) is 17.8. The molecule has 2 aliphatic heterocycles. The summed E-state index contributed by atoms with van der Waals surface area (Å²) >= 11 is 0. The van der Waals surface area contributed by atoms with Gasteiger partial charge in [0.25, 0.3) is 0 Å². The number of rotatable bonds is 3. The van der Waals surface area contributed by atoms with Crippen LogP contribution in [-0.2, 0) is 28.5 Å². The van der Waals surface area contributed by atoms with Gasteiger partial charge in [0.15, 0.2) is 5.79 Å². The Hall–Kier alpha value is -1.22. The van der Waals surface area contributed by atoms with Gasteiger partial charge in [0.1, 0.15) is 24.4 Å². The molecule has 2 heterocycles. The zero-order valence-electron chi connectivity index (χ0n) is 27.0. The van der Waals surface area contributed by atoms with E-state index in [1.54, 1.807) is 13.8 Å². The lowest BCUT2D eigenvalue weighted by atomic mass is 9.40. The third-order valence-electron chi connectivity index (χ3n) is 14.7. The van der Waals surface area contributed by atoms with E-state index in [2.05, 4.69) is 34.6 Å². The Bertz CT molecular complexity index is 1210. The van der Waals surface area contributed by atoms with E-state index in [1.165, 1.54) is 13.8 Å². The molecule has 3 spiro atoms. The molecule has 7 aliphatic rings. The molecule has 8 nitrogen and oxygen atoms in total. The number of carbonyl (C=O) groups is 2. The number of aliphatic hydroxyl groups is 2. The van der Waals surface area contributed by atoms with Gasteiger partial charge in [-0.2, -0.15) is 0 Å². The molecule has 0 radical (unpaired) electrons. The van der Waals surface area contributed by atoms with Gasteiger partial charge in [0, 0.05) is 36.5 Å². The van der Waals surface area contributed by atoms with Crippen LogP contribution in [0.15, 0.2) is 0 Å². The van der Waals surface area contributed by atoms with Crippen molar-refractivity contribution < 1.29 is 38.7 Å². The molecule has 2 bridgehead atoms. The molecule has 2 N–H and O–H groups in total. The molecule has 5 saturated carbocycles. The van der Waals surface area contributed by atoms with E-state index in [0.717, 1.165) is 38.5 Å². The van der Waals surface area contributed by atoms with E-state index >= 15 is 0 Å². The first-order valence-electron chi connectivity index (χ1n) is 16.4. The van der Waals surface area contributed by atoms with Gasteiger partial charge in [-0.05, 0) is 86.9 Å². The maximum Gasteiger partial charge on any atom is 0.302 e. The first-order valence-corrected chi connectivity index (χ1v) is 16.4. The zero-order valence-corrected chi connectivity index (χ0v) is 27.0. The fourth-order valence-corrected chi connectivity index (χ4v) is 13.4. The summed E-state index contributed by atoms with van der Waals surface area (Å²) in [5.41, 5.74) is -2.35. The van der Waals surface area contributed by atoms with Crippen LogP contribution in [-0.4, -0.2) is 64.1 Å². The Labute approximate surface area is 250 Å². The largest absolute Gasteiger partial charge is 0.462 e. The smallest absolute Gasteiger partial charge is 0.302 e. The molecular formula is C34H52O8. The topological polar surface area (TPSA) is 112 Å². The Morgan fingerprint density at radius 3 is 2.19 bits per heavy atom. The Morgan fingerprint density at radius 1 is 0.905 bits per heavy atom. The molecule has 7 rings (SSSR count). The summed E-state index contributed by atoms with van der Waals surface area (Å²) in [5.74, 6) is -1.37. The van der Waals surface area contributed by atoms with Crippen molar-refractivity contribution >= 4 is 11.9 Å². The fraction of sp³-hybridized carbons (Fsp3) is 0.941. The molecule has 42 heavy (non-hydrogen) atoms. The van der Waals surface area contributed by atoms with Gasteiger partial charge < -0.3 is 29.2 Å². The van der Waals surface area contributed by atoms with E-state index in [0.29, 0.717) is 6.42 Å². The third-order valence-corrected chi connectivity index (χ3v) is 14.7. The van der Waals surface area contributed by atoms with E-state index in [-0.39, 0.29) is 75.6 Å². The van der Waals surface area contributed by atoms with E-state index in [1.807, 2.05) is 0 Å². The van der Waals surface area contributed by atoms with Crippen LogP contribution in [0.1, 0.15) is 107 Å². The minimum absolute atomic E-state index is 0.0486. The second-order valence-corrected chi connectivity index (χ2v) is 17.2. The predicted molar refractivity (Wildman–Crippen MR) is 153 cm³/mol. The molecule has 0 aromatic carbocycles. The van der Waals surface area contributed by atoms with Crippen LogP contribution in [0.2, 0.25) is 0 Å². The van der Waals surface area contributed by atoms with Crippen LogP contribution in [0.3, 0.4) is 0 Å². The van der Waals surface area contributed by atoms with Crippen molar-refractivity contribution in [1.29, 1.82) is 0 Å². The average molecular weight is 589 g/mol. The van der Waals surface area contributed by atoms with Gasteiger partial charge in [0.05, 0.1) is 11.7 Å². The van der Waals surface area contributed by atoms with E-state index < -0.39 is 29.0 Å². The summed E-state index contributed by atoms with van der Waals surface area (Å²) < 4.78 is 25.8. The standard InChI is InChI=1S/C34H52O8/c1-17-14-21-26(29(6,7)38)42-34(41-21)24(17)30(8)12-13-33-16-32(33)11-10-23(40-19(3)36)28(4,5)22(32)15-20(39-18(2)35)25(33)31(30,9)27(34)37/h17,20-27,37-38H,10-16H2,1-9H3/t17-,20+,21-,22?,23+,24-,25+,26+,27-,30-,31-,32-,33+,34+/m1/s1. The summed E-state index contributed by atoms with van der Waals surface area (Å²) in [7, 11) is 0. The Kier molecular flexibility index (Phi) is 5.84. The molecular weight excluding hydrogens is 536 g/mol. The SMILES string of the molecule is CC(=O)O[C@H]1CC2C(C)(C)[C@@H](OC(C)=O)CC[C@@]23C[C@]32CC[C@]3(C)[C@H]4[C@H](C)C[C@H]5O[C@@]4(O[C@@H]5C(C)(C)O)[C@H](O)[C@@]3(C)[C@H]12. The van der Waals surface area contributed by atoms with Crippen LogP contribution in [0.25, 0.3) is 0 Å². The molecule has 5 aliphatic carbocycles. The van der Waals surface area contributed by atoms with Crippen molar-refractivity contribution in [1.82, 2.24) is 0 Å². The molecule has 0 aromatic heterocycles. The molecule has 2 saturated heterocycles. The fourth-order valence-electron chi connectivity index (χ4n) is 13.4. The van der Waals surface area contributed by atoms with Crippen molar-refractivity contribution in [2.75, 3.05) is 0 Å². The highest BCUT2D eigenvalue weighted by Gasteiger charge is 2.89. The molecule has 0 aromatic rings. The Morgan fingerprint density at radius 2 is 1.57 bits per heavy atom. The summed E-state index contributed by atoms with van der Waals surface area (Å²) in [4.78, 5) is 24.8. The summed E-state index contributed by atoms with van der Waals surface area (Å²) in [6, 6.07) is 0. The van der Waals surface area contributed by atoms with Crippen molar-refractivity contribution in [2.24, 2.45) is 50.7 Å². The van der Waals surface area contributed by atoms with Gasteiger partial charge in [-0.15, -0.1) is 0 Å². The second-order valence-electron chi connectivity index (χ2n) is 17.2. The first kappa shape index (κ1) is 29.5. The maximum absolute atomic E-state index is 12.8. The number of fused-ring (bicyclic) bond motifs is 4. The van der Waals surface area contributed by atoms with Crippen LogP contribution in [0.4, 0.5) is 0 Å². The van der Waals surface area contributed by atoms with Crippen molar-refractivity contribution in [3.8, 4) is 0 Å². The van der Waals surface area contributed by atoms with E-state index in [9.17, 15) is 19.8 Å². The van der Waals surface area contributed by atoms with Gasteiger partial charge in [-0.3, -0.25) is 9.59 Å². The monoisotopic (exact) mass is 588 g/mol. The molecule has 1 unspecified atom stereocenters. The Balaban J connectivity index is 1.35. The number of esters is 2. The number of ether oxygens (including phenoxy) is 4. The normalized spacial score (nSPS) is 56.7. The quantitative estimate of drug-likeness (QED) is 0.454. The van der Waals surface area contributed by atoms with Crippen molar-refractivity contribution in [3.63, 3.8) is 0 Å². The van der Waals surface area contributed by atoms with Crippen molar-refractivity contribution in [3.05, 3.63) is 0 Å². The highest BCUT2D eigenvalue weighted by atomic mass is 16.8. The summed E-state index contributed by atoms with van der Waals surface area (Å²) in [5, 5.41) is 23.8. The molecule has 14 atom stereocenters. The van der Waals surface area contributed by atoms with Gasteiger partial charge >= 0.3 is 11.9 Å². The van der Waals surface area contributed by atoms with Gasteiger partial charge in [-0.25, -0.2) is 0 Å². The molecule has 8 heteroatoms. The van der Waals surface area contributed by atoms with Crippen LogP contribution >= 0.6 is 0 Å². The number of hydrogen-bond acceptors (Lipinski definition) is 8. The minimum atomic E-state index is -1.20. The zero-order chi connectivity index (χ0) is 30.6. The summed E-state index contributed by atoms with van der Waals surface area (Å²) in [6.07, 6.45) is 4.00. The van der Waals surface area contributed by atoms with E-state index in [4.69, 9.17) is 18.9 Å².